The largest absolute Gasteiger partial charge is 0.320 e. The molecule has 1 nitrogen and oxygen atoms in total. The molecular formula is C16H27N. The minimum absolute atomic E-state index is 1.09. The molecule has 96 valence electrons. The lowest BCUT2D eigenvalue weighted by atomic mass is 10.0. The Morgan fingerprint density at radius 3 is 2.53 bits per heavy atom. The van der Waals surface area contributed by atoms with E-state index in [0.29, 0.717) is 0 Å². The van der Waals surface area contributed by atoms with Gasteiger partial charge in [0.1, 0.15) is 0 Å². The van der Waals surface area contributed by atoms with Gasteiger partial charge in [0, 0.05) is 0 Å². The van der Waals surface area contributed by atoms with Gasteiger partial charge in [-0.15, -0.1) is 0 Å². The average molecular weight is 233 g/mol. The van der Waals surface area contributed by atoms with Crippen LogP contribution in [0.15, 0.2) is 48.6 Å². The molecule has 0 atom stereocenters. The first-order valence-electron chi connectivity index (χ1n) is 6.50. The molecule has 0 rings (SSSR count). The van der Waals surface area contributed by atoms with Crippen molar-refractivity contribution in [2.24, 2.45) is 0 Å². The summed E-state index contributed by atoms with van der Waals surface area (Å²) < 4.78 is 0. The van der Waals surface area contributed by atoms with Gasteiger partial charge in [-0.25, -0.2) is 0 Å². The van der Waals surface area contributed by atoms with E-state index in [4.69, 9.17) is 0 Å². The lowest BCUT2D eigenvalue weighted by molar-refractivity contribution is 0.665. The third-order valence-corrected chi connectivity index (χ3v) is 2.79. The Balaban J connectivity index is 3.74. The molecule has 17 heavy (non-hydrogen) atoms. The smallest absolute Gasteiger partial charge is 0.00518 e. The van der Waals surface area contributed by atoms with Gasteiger partial charge in [0.05, 0.1) is 0 Å². The zero-order chi connectivity index (χ0) is 12.9. The van der Waals surface area contributed by atoms with Crippen LogP contribution in [-0.4, -0.2) is 13.6 Å². The van der Waals surface area contributed by atoms with Crippen LogP contribution in [0.4, 0.5) is 0 Å². The number of rotatable bonds is 10. The van der Waals surface area contributed by atoms with Crippen molar-refractivity contribution in [3.8, 4) is 0 Å². The fourth-order valence-electron chi connectivity index (χ4n) is 1.64. The van der Waals surface area contributed by atoms with Crippen molar-refractivity contribution in [1.29, 1.82) is 0 Å². The molecule has 0 aromatic rings. The van der Waals surface area contributed by atoms with E-state index in [2.05, 4.69) is 37.6 Å². The van der Waals surface area contributed by atoms with E-state index >= 15 is 0 Å². The Kier molecular flexibility index (Phi) is 10.7. The van der Waals surface area contributed by atoms with Crippen molar-refractivity contribution in [2.45, 2.75) is 39.0 Å². The number of hydrogen-bond donors (Lipinski definition) is 1. The Hall–Kier alpha value is -1.08. The van der Waals surface area contributed by atoms with E-state index in [0.717, 1.165) is 25.8 Å². The molecule has 0 radical (unpaired) electrons. The third-order valence-electron chi connectivity index (χ3n) is 2.79. The highest BCUT2D eigenvalue weighted by atomic mass is 14.8. The fourth-order valence-corrected chi connectivity index (χ4v) is 1.64. The van der Waals surface area contributed by atoms with E-state index < -0.39 is 0 Å². The van der Waals surface area contributed by atoms with Crippen molar-refractivity contribution in [1.82, 2.24) is 5.32 Å². The quantitative estimate of drug-likeness (QED) is 0.335. The predicted molar refractivity (Wildman–Crippen MR) is 79.2 cm³/mol. The van der Waals surface area contributed by atoms with E-state index in [9.17, 15) is 0 Å². The van der Waals surface area contributed by atoms with Crippen LogP contribution in [0.1, 0.15) is 39.0 Å². The second-order valence-electron chi connectivity index (χ2n) is 4.27. The van der Waals surface area contributed by atoms with Crippen LogP contribution in [-0.2, 0) is 0 Å². The molecule has 0 saturated heterocycles. The van der Waals surface area contributed by atoms with Crippen LogP contribution in [0.2, 0.25) is 0 Å². The van der Waals surface area contributed by atoms with Gasteiger partial charge >= 0.3 is 0 Å². The highest BCUT2D eigenvalue weighted by molar-refractivity contribution is 5.21. The number of hydrogen-bond acceptors (Lipinski definition) is 1. The maximum Gasteiger partial charge on any atom is -0.00518 e. The first-order valence-corrected chi connectivity index (χ1v) is 6.50. The van der Waals surface area contributed by atoms with Gasteiger partial charge in [-0.05, 0) is 52.6 Å². The van der Waals surface area contributed by atoms with E-state index in [1.54, 1.807) is 0 Å². The lowest BCUT2D eigenvalue weighted by Crippen LogP contribution is -2.07. The average Bonchev–Trinajstić information content (AvgIpc) is 2.35. The number of unbranched alkanes of at least 4 members (excludes halogenated alkanes) is 1. The topological polar surface area (TPSA) is 12.0 Å². The van der Waals surface area contributed by atoms with Crippen molar-refractivity contribution in [3.63, 3.8) is 0 Å². The molecule has 0 bridgehead atoms. The summed E-state index contributed by atoms with van der Waals surface area (Å²) in [7, 11) is 2.00. The van der Waals surface area contributed by atoms with Gasteiger partial charge in [0.25, 0.3) is 0 Å². The Morgan fingerprint density at radius 2 is 1.94 bits per heavy atom. The molecule has 1 heteroatoms. The molecule has 0 unspecified atom stereocenters. The summed E-state index contributed by atoms with van der Waals surface area (Å²) >= 11 is 0. The van der Waals surface area contributed by atoms with Gasteiger partial charge in [-0.3, -0.25) is 0 Å². The maximum absolute atomic E-state index is 4.15. The van der Waals surface area contributed by atoms with Crippen molar-refractivity contribution in [3.05, 3.63) is 48.6 Å². The monoisotopic (exact) mass is 233 g/mol. The molecule has 0 aromatic carbocycles. The zero-order valence-electron chi connectivity index (χ0n) is 11.5. The second-order valence-corrected chi connectivity index (χ2v) is 4.27. The maximum atomic E-state index is 4.15. The van der Waals surface area contributed by atoms with Crippen molar-refractivity contribution < 1.29 is 0 Å². The zero-order valence-corrected chi connectivity index (χ0v) is 11.5. The molecule has 1 N–H and O–H groups in total. The normalized spacial score (nSPS) is 12.0. The second kappa shape index (κ2) is 11.4. The predicted octanol–water partition coefficient (Wildman–Crippen LogP) is 4.40. The van der Waals surface area contributed by atoms with E-state index in [1.165, 1.54) is 24.0 Å². The fraction of sp³-hybridized carbons (Fsp3) is 0.500. The first-order chi connectivity index (χ1) is 8.24. The molecule has 0 heterocycles. The summed E-state index contributed by atoms with van der Waals surface area (Å²) in [5.41, 5.74) is 2.73. The molecule has 0 aliphatic rings. The highest BCUT2D eigenvalue weighted by Crippen LogP contribution is 2.16. The summed E-state index contributed by atoms with van der Waals surface area (Å²) in [5, 5.41) is 3.17. The van der Waals surface area contributed by atoms with Gasteiger partial charge in [-0.2, -0.15) is 0 Å². The van der Waals surface area contributed by atoms with Crippen LogP contribution in [0.3, 0.4) is 0 Å². The standard InChI is InChI=1S/C16H27N/c1-5-7-11-16(6-2)13-12-15(3)10-8-9-14-17-4/h5-7,11,17H,1,3,8-10,12-14H2,2,4H3/b11-7-,16-6+. The van der Waals surface area contributed by atoms with Crippen LogP contribution < -0.4 is 5.32 Å². The molecule has 0 aliphatic carbocycles. The van der Waals surface area contributed by atoms with Crippen molar-refractivity contribution in [2.75, 3.05) is 13.6 Å². The Morgan fingerprint density at radius 1 is 1.18 bits per heavy atom. The summed E-state index contributed by atoms with van der Waals surface area (Å²) in [4.78, 5) is 0. The number of nitrogens with one attached hydrogen (secondary N) is 1. The summed E-state index contributed by atoms with van der Waals surface area (Å²) in [6, 6.07) is 0. The van der Waals surface area contributed by atoms with Gasteiger partial charge in [-0.1, -0.05) is 48.6 Å². The molecule has 0 fully saturated rings. The van der Waals surface area contributed by atoms with E-state index in [-0.39, 0.29) is 0 Å². The molecule has 0 spiro atoms. The Labute approximate surface area is 107 Å². The molecule has 0 saturated carbocycles. The van der Waals surface area contributed by atoms with Gasteiger partial charge in [0.15, 0.2) is 0 Å². The van der Waals surface area contributed by atoms with Crippen LogP contribution in [0.5, 0.6) is 0 Å². The van der Waals surface area contributed by atoms with Crippen LogP contribution in [0.25, 0.3) is 0 Å². The third kappa shape index (κ3) is 9.83. The van der Waals surface area contributed by atoms with Crippen molar-refractivity contribution >= 4 is 0 Å². The summed E-state index contributed by atoms with van der Waals surface area (Å²) in [5.74, 6) is 0. The molecule has 0 amide bonds. The Bertz CT molecular complexity index is 271. The molecular weight excluding hydrogens is 206 g/mol. The number of allylic oxidation sites excluding steroid dienone is 6. The minimum Gasteiger partial charge on any atom is -0.320 e. The first kappa shape index (κ1) is 15.9. The van der Waals surface area contributed by atoms with Gasteiger partial charge in [0.2, 0.25) is 0 Å². The molecule has 0 aromatic heterocycles. The van der Waals surface area contributed by atoms with Crippen LogP contribution >= 0.6 is 0 Å². The van der Waals surface area contributed by atoms with Crippen LogP contribution in [0, 0.1) is 0 Å². The van der Waals surface area contributed by atoms with Gasteiger partial charge < -0.3 is 5.32 Å². The highest BCUT2D eigenvalue weighted by Gasteiger charge is 1.97. The molecule has 0 aliphatic heterocycles. The minimum atomic E-state index is 1.09. The summed E-state index contributed by atoms with van der Waals surface area (Å²) in [6.07, 6.45) is 13.9. The summed E-state index contributed by atoms with van der Waals surface area (Å²) in [6.45, 7) is 11.0. The van der Waals surface area contributed by atoms with E-state index in [1.807, 2.05) is 19.2 Å². The lowest BCUT2D eigenvalue weighted by Gasteiger charge is -2.06. The SMILES string of the molecule is C=C/C=C\C(=C/C)CCC(=C)CCCCNC.